The van der Waals surface area contributed by atoms with Crippen LogP contribution in [0.25, 0.3) is 0 Å². The highest BCUT2D eigenvalue weighted by Crippen LogP contribution is 2.33. The van der Waals surface area contributed by atoms with Gasteiger partial charge in [0.1, 0.15) is 11.9 Å². The third-order valence-corrected chi connectivity index (χ3v) is 5.89. The van der Waals surface area contributed by atoms with Crippen molar-refractivity contribution in [3.05, 3.63) is 57.3 Å². The number of halogens is 4. The molecule has 2 aromatic rings. The Labute approximate surface area is 172 Å². The summed E-state index contributed by atoms with van der Waals surface area (Å²) in [7, 11) is -3.83. The Morgan fingerprint density at radius 3 is 2.19 bits per heavy atom. The molecule has 5 nitrogen and oxygen atoms in total. The van der Waals surface area contributed by atoms with Crippen molar-refractivity contribution in [2.75, 3.05) is 15.9 Å². The molecule has 27 heavy (non-hydrogen) atoms. The molecule has 1 N–H and O–H groups in total. The van der Waals surface area contributed by atoms with Crippen LogP contribution in [-0.4, -0.2) is 26.6 Å². The van der Waals surface area contributed by atoms with E-state index in [0.29, 0.717) is 0 Å². The maximum Gasteiger partial charge on any atom is 0.248 e. The standard InChI is InChI=1S/C17H16Cl3FN2O3S/c1-3-16(17(24)22-15-9-13(19)12(18)8-14(15)20)23(27(2,25)26)11-6-4-10(21)5-7-11/h4-9,16H,3H2,1-2H3,(H,22,24). The van der Waals surface area contributed by atoms with E-state index in [1.165, 1.54) is 24.3 Å². The number of anilines is 2. The highest BCUT2D eigenvalue weighted by molar-refractivity contribution is 7.92. The van der Waals surface area contributed by atoms with Gasteiger partial charge < -0.3 is 5.32 Å². The molecule has 0 heterocycles. The number of benzene rings is 2. The normalized spacial score (nSPS) is 12.5. The van der Waals surface area contributed by atoms with Crippen LogP contribution in [0.2, 0.25) is 15.1 Å². The number of rotatable bonds is 6. The minimum atomic E-state index is -3.83. The van der Waals surface area contributed by atoms with Crippen molar-refractivity contribution in [2.45, 2.75) is 19.4 Å². The lowest BCUT2D eigenvalue weighted by molar-refractivity contribution is -0.117. The van der Waals surface area contributed by atoms with Gasteiger partial charge in [-0.1, -0.05) is 41.7 Å². The van der Waals surface area contributed by atoms with Gasteiger partial charge in [0.15, 0.2) is 0 Å². The number of amides is 1. The minimum absolute atomic E-state index is 0.153. The van der Waals surface area contributed by atoms with Gasteiger partial charge >= 0.3 is 0 Å². The lowest BCUT2D eigenvalue weighted by Crippen LogP contribution is -2.47. The highest BCUT2D eigenvalue weighted by atomic mass is 35.5. The predicted octanol–water partition coefficient (Wildman–Crippen LogP) is 4.97. The summed E-state index contributed by atoms with van der Waals surface area (Å²) in [6.45, 7) is 1.66. The van der Waals surface area contributed by atoms with Crippen LogP contribution in [0.15, 0.2) is 36.4 Å². The number of hydrogen-bond acceptors (Lipinski definition) is 3. The molecule has 10 heteroatoms. The van der Waals surface area contributed by atoms with Crippen molar-refractivity contribution in [1.82, 2.24) is 0 Å². The van der Waals surface area contributed by atoms with Crippen LogP contribution in [-0.2, 0) is 14.8 Å². The molecule has 0 fully saturated rings. The second-order valence-corrected chi connectivity index (χ2v) is 8.78. The van der Waals surface area contributed by atoms with Gasteiger partial charge in [-0.3, -0.25) is 9.10 Å². The fourth-order valence-electron chi connectivity index (χ4n) is 2.48. The largest absolute Gasteiger partial charge is 0.323 e. The van der Waals surface area contributed by atoms with Crippen molar-refractivity contribution in [3.8, 4) is 0 Å². The molecule has 2 aromatic carbocycles. The summed E-state index contributed by atoms with van der Waals surface area (Å²) in [4.78, 5) is 12.8. The lowest BCUT2D eigenvalue weighted by atomic mass is 10.1. The lowest BCUT2D eigenvalue weighted by Gasteiger charge is -2.30. The van der Waals surface area contributed by atoms with Gasteiger partial charge in [-0.15, -0.1) is 0 Å². The zero-order valence-electron chi connectivity index (χ0n) is 14.3. The summed E-state index contributed by atoms with van der Waals surface area (Å²) in [5.41, 5.74) is 0.364. The second-order valence-electron chi connectivity index (χ2n) is 5.69. The van der Waals surface area contributed by atoms with Crippen LogP contribution in [0.5, 0.6) is 0 Å². The SMILES string of the molecule is CCC(C(=O)Nc1cc(Cl)c(Cl)cc1Cl)N(c1ccc(F)cc1)S(C)(=O)=O. The Morgan fingerprint density at radius 1 is 1.11 bits per heavy atom. The third kappa shape index (κ3) is 5.25. The Bertz CT molecular complexity index is 953. The van der Waals surface area contributed by atoms with Crippen molar-refractivity contribution < 1.29 is 17.6 Å². The Hall–Kier alpha value is -1.54. The number of sulfonamides is 1. The molecule has 0 saturated carbocycles. The fourth-order valence-corrected chi connectivity index (χ4v) is 4.29. The van der Waals surface area contributed by atoms with Gasteiger partial charge in [-0.2, -0.15) is 0 Å². The highest BCUT2D eigenvalue weighted by Gasteiger charge is 2.32. The first kappa shape index (κ1) is 21.8. The van der Waals surface area contributed by atoms with E-state index in [-0.39, 0.29) is 32.9 Å². The fraction of sp³-hybridized carbons (Fsp3) is 0.235. The molecule has 0 aliphatic carbocycles. The molecule has 0 spiro atoms. The monoisotopic (exact) mass is 452 g/mol. The quantitative estimate of drug-likeness (QED) is 0.628. The Balaban J connectivity index is 2.40. The van der Waals surface area contributed by atoms with Crippen molar-refractivity contribution >= 4 is 62.1 Å². The van der Waals surface area contributed by atoms with E-state index in [9.17, 15) is 17.6 Å². The molecule has 0 aliphatic heterocycles. The first-order valence-electron chi connectivity index (χ1n) is 7.75. The van der Waals surface area contributed by atoms with E-state index in [1.807, 2.05) is 0 Å². The average Bonchev–Trinajstić information content (AvgIpc) is 2.57. The molecular formula is C17H16Cl3FN2O3S. The zero-order valence-corrected chi connectivity index (χ0v) is 17.4. The van der Waals surface area contributed by atoms with E-state index in [2.05, 4.69) is 5.32 Å². The summed E-state index contributed by atoms with van der Waals surface area (Å²) >= 11 is 17.9. The van der Waals surface area contributed by atoms with Crippen molar-refractivity contribution in [2.24, 2.45) is 0 Å². The molecule has 0 aliphatic rings. The van der Waals surface area contributed by atoms with Crippen LogP contribution < -0.4 is 9.62 Å². The molecule has 0 bridgehead atoms. The Morgan fingerprint density at radius 2 is 1.67 bits per heavy atom. The third-order valence-electron chi connectivity index (χ3n) is 3.68. The van der Waals surface area contributed by atoms with E-state index in [4.69, 9.17) is 34.8 Å². The number of nitrogens with one attached hydrogen (secondary N) is 1. The van der Waals surface area contributed by atoms with Gasteiger partial charge in [0.2, 0.25) is 15.9 Å². The van der Waals surface area contributed by atoms with Crippen LogP contribution >= 0.6 is 34.8 Å². The van der Waals surface area contributed by atoms with E-state index in [1.54, 1.807) is 6.92 Å². The first-order chi connectivity index (χ1) is 12.5. The molecule has 0 aromatic heterocycles. The summed E-state index contributed by atoms with van der Waals surface area (Å²) in [5.74, 6) is -1.14. The van der Waals surface area contributed by atoms with Gasteiger partial charge in [0.05, 0.1) is 32.7 Å². The van der Waals surface area contributed by atoms with E-state index >= 15 is 0 Å². The molecule has 146 valence electrons. The zero-order chi connectivity index (χ0) is 20.4. The number of carbonyl (C=O) groups is 1. The Kier molecular flexibility index (Phi) is 6.97. The number of nitrogens with zero attached hydrogens (tertiary/aromatic N) is 1. The molecular weight excluding hydrogens is 438 g/mol. The summed E-state index contributed by atoms with van der Waals surface area (Å²) in [5, 5.41) is 3.12. The van der Waals surface area contributed by atoms with Gasteiger partial charge in [0, 0.05) is 0 Å². The van der Waals surface area contributed by atoms with Crippen molar-refractivity contribution in [3.63, 3.8) is 0 Å². The number of carbonyl (C=O) groups excluding carboxylic acids is 1. The average molecular weight is 454 g/mol. The van der Waals surface area contributed by atoms with Crippen LogP contribution in [0, 0.1) is 5.82 Å². The molecule has 0 radical (unpaired) electrons. The van der Waals surface area contributed by atoms with Crippen LogP contribution in [0.3, 0.4) is 0 Å². The molecule has 1 atom stereocenters. The maximum absolute atomic E-state index is 13.2. The number of hydrogen-bond donors (Lipinski definition) is 1. The molecule has 1 unspecified atom stereocenters. The van der Waals surface area contributed by atoms with Crippen molar-refractivity contribution in [1.29, 1.82) is 0 Å². The van der Waals surface area contributed by atoms with Gasteiger partial charge in [-0.05, 0) is 42.8 Å². The van der Waals surface area contributed by atoms with E-state index in [0.717, 1.165) is 22.7 Å². The molecule has 2 rings (SSSR count). The first-order valence-corrected chi connectivity index (χ1v) is 10.7. The van der Waals surface area contributed by atoms with Gasteiger partial charge in [-0.25, -0.2) is 12.8 Å². The van der Waals surface area contributed by atoms with E-state index < -0.39 is 27.8 Å². The molecule has 1 amide bonds. The summed E-state index contributed by atoms with van der Waals surface area (Å²) in [6, 6.07) is 6.48. The van der Waals surface area contributed by atoms with Gasteiger partial charge in [0.25, 0.3) is 0 Å². The topological polar surface area (TPSA) is 66.5 Å². The van der Waals surface area contributed by atoms with Crippen LogP contribution in [0.4, 0.5) is 15.8 Å². The molecule has 0 saturated heterocycles. The van der Waals surface area contributed by atoms with Crippen LogP contribution in [0.1, 0.15) is 13.3 Å². The summed E-state index contributed by atoms with van der Waals surface area (Å²) < 4.78 is 38.8. The predicted molar refractivity (Wildman–Crippen MR) is 108 cm³/mol. The maximum atomic E-state index is 13.2. The smallest absolute Gasteiger partial charge is 0.248 e. The minimum Gasteiger partial charge on any atom is -0.323 e. The second kappa shape index (κ2) is 8.65. The summed E-state index contributed by atoms with van der Waals surface area (Å²) in [6.07, 6.45) is 1.13.